The van der Waals surface area contributed by atoms with Crippen molar-refractivity contribution in [3.8, 4) is 0 Å². The monoisotopic (exact) mass is 268 g/mol. The fourth-order valence-corrected chi connectivity index (χ4v) is 2.42. The zero-order valence-electron chi connectivity index (χ0n) is 11.3. The molecule has 4 nitrogen and oxygen atoms in total. The van der Waals surface area contributed by atoms with Crippen LogP contribution in [-0.2, 0) is 4.74 Å². The Labute approximate surface area is 113 Å². The topological polar surface area (TPSA) is 58.7 Å². The highest BCUT2D eigenvalue weighted by Crippen LogP contribution is 2.29. The summed E-state index contributed by atoms with van der Waals surface area (Å²) in [6, 6.07) is 4.61. The van der Waals surface area contributed by atoms with Crippen molar-refractivity contribution < 1.29 is 14.2 Å². The van der Waals surface area contributed by atoms with E-state index in [4.69, 9.17) is 10.5 Å². The number of hydrogen-bond donors (Lipinski definition) is 2. The number of morpholine rings is 1. The lowest BCUT2D eigenvalue weighted by Gasteiger charge is -2.40. The second kappa shape index (κ2) is 5.86. The first-order valence-electron chi connectivity index (χ1n) is 6.57. The lowest BCUT2D eigenvalue weighted by Crippen LogP contribution is -2.50. The predicted molar refractivity (Wildman–Crippen MR) is 72.6 cm³/mol. The van der Waals surface area contributed by atoms with Crippen LogP contribution >= 0.6 is 0 Å². The summed E-state index contributed by atoms with van der Waals surface area (Å²) in [5.74, 6) is -0.282. The number of ether oxygens (including phenoxy) is 1. The Balaban J connectivity index is 2.33. The van der Waals surface area contributed by atoms with E-state index in [0.717, 1.165) is 11.3 Å². The maximum Gasteiger partial charge on any atom is 0.123 e. The molecule has 0 saturated carbocycles. The molecule has 0 aliphatic carbocycles. The van der Waals surface area contributed by atoms with Crippen molar-refractivity contribution in [1.82, 2.24) is 0 Å². The molecule has 3 unspecified atom stereocenters. The van der Waals surface area contributed by atoms with Gasteiger partial charge in [-0.1, -0.05) is 0 Å². The third-order valence-electron chi connectivity index (χ3n) is 3.50. The Morgan fingerprint density at radius 2 is 2.32 bits per heavy atom. The quantitative estimate of drug-likeness (QED) is 0.870. The molecule has 1 aliphatic rings. The van der Waals surface area contributed by atoms with Crippen molar-refractivity contribution in [1.29, 1.82) is 0 Å². The molecular weight excluding hydrogens is 247 g/mol. The summed E-state index contributed by atoms with van der Waals surface area (Å²) in [7, 11) is 0. The first-order valence-corrected chi connectivity index (χ1v) is 6.57. The SMILES string of the molecule is CC(N)c1cc(F)ccc1N1CC(CO)OCC1C. The number of anilines is 1. The minimum Gasteiger partial charge on any atom is -0.394 e. The highest BCUT2D eigenvalue weighted by atomic mass is 19.1. The molecule has 106 valence electrons. The predicted octanol–water partition coefficient (Wildman–Crippen LogP) is 1.43. The van der Waals surface area contributed by atoms with E-state index in [-0.39, 0.29) is 30.6 Å². The first kappa shape index (κ1) is 14.2. The third kappa shape index (κ3) is 3.05. The number of halogens is 1. The molecule has 1 fully saturated rings. The summed E-state index contributed by atoms with van der Waals surface area (Å²) in [4.78, 5) is 2.13. The Morgan fingerprint density at radius 3 is 2.95 bits per heavy atom. The average Bonchev–Trinajstić information content (AvgIpc) is 2.39. The van der Waals surface area contributed by atoms with Crippen LogP contribution in [-0.4, -0.2) is 37.0 Å². The molecule has 0 bridgehead atoms. The van der Waals surface area contributed by atoms with Gasteiger partial charge in [-0.2, -0.15) is 0 Å². The van der Waals surface area contributed by atoms with Crippen molar-refractivity contribution >= 4 is 5.69 Å². The molecule has 0 aromatic heterocycles. The Bertz CT molecular complexity index is 439. The molecule has 0 radical (unpaired) electrons. The maximum absolute atomic E-state index is 13.4. The van der Waals surface area contributed by atoms with Gasteiger partial charge in [-0.15, -0.1) is 0 Å². The van der Waals surface area contributed by atoms with Crippen molar-refractivity contribution in [2.45, 2.75) is 32.0 Å². The number of hydrogen-bond acceptors (Lipinski definition) is 4. The second-order valence-electron chi connectivity index (χ2n) is 5.13. The molecule has 0 amide bonds. The molecule has 3 atom stereocenters. The van der Waals surface area contributed by atoms with Crippen LogP contribution in [0.3, 0.4) is 0 Å². The third-order valence-corrected chi connectivity index (χ3v) is 3.50. The van der Waals surface area contributed by atoms with E-state index in [1.54, 1.807) is 6.07 Å². The van der Waals surface area contributed by atoms with E-state index in [9.17, 15) is 9.50 Å². The molecule has 1 aromatic rings. The Morgan fingerprint density at radius 1 is 1.58 bits per heavy atom. The van der Waals surface area contributed by atoms with E-state index in [1.807, 2.05) is 13.8 Å². The largest absolute Gasteiger partial charge is 0.394 e. The minimum absolute atomic E-state index is 0.0159. The van der Waals surface area contributed by atoms with Gasteiger partial charge in [0.05, 0.1) is 19.3 Å². The summed E-state index contributed by atoms with van der Waals surface area (Å²) < 4.78 is 18.9. The summed E-state index contributed by atoms with van der Waals surface area (Å²) in [6.45, 7) is 5.00. The van der Waals surface area contributed by atoms with Crippen LogP contribution in [0.5, 0.6) is 0 Å². The molecule has 1 aliphatic heterocycles. The van der Waals surface area contributed by atoms with Gasteiger partial charge < -0.3 is 20.5 Å². The Kier molecular flexibility index (Phi) is 4.39. The summed E-state index contributed by atoms with van der Waals surface area (Å²) in [5, 5.41) is 9.23. The number of benzene rings is 1. The van der Waals surface area contributed by atoms with Gasteiger partial charge in [0.15, 0.2) is 0 Å². The van der Waals surface area contributed by atoms with Gasteiger partial charge in [0, 0.05) is 24.3 Å². The number of rotatable bonds is 3. The van der Waals surface area contributed by atoms with E-state index in [0.29, 0.717) is 13.2 Å². The Hall–Kier alpha value is -1.17. The van der Waals surface area contributed by atoms with E-state index in [2.05, 4.69) is 4.90 Å². The van der Waals surface area contributed by atoms with Gasteiger partial charge in [-0.25, -0.2) is 4.39 Å². The van der Waals surface area contributed by atoms with Gasteiger partial charge >= 0.3 is 0 Å². The summed E-state index contributed by atoms with van der Waals surface area (Å²) in [6.07, 6.45) is -0.206. The molecule has 3 N–H and O–H groups in total. The van der Waals surface area contributed by atoms with Crippen molar-refractivity contribution in [2.24, 2.45) is 5.73 Å². The fraction of sp³-hybridized carbons (Fsp3) is 0.571. The molecule has 1 saturated heterocycles. The van der Waals surface area contributed by atoms with Gasteiger partial charge in [-0.05, 0) is 37.6 Å². The minimum atomic E-state index is -0.282. The van der Waals surface area contributed by atoms with Crippen LogP contribution in [0.4, 0.5) is 10.1 Å². The van der Waals surface area contributed by atoms with Gasteiger partial charge in [-0.3, -0.25) is 0 Å². The number of aliphatic hydroxyl groups is 1. The van der Waals surface area contributed by atoms with Crippen molar-refractivity contribution in [3.05, 3.63) is 29.6 Å². The molecule has 1 aromatic carbocycles. The van der Waals surface area contributed by atoms with Crippen LogP contribution in [0, 0.1) is 5.82 Å². The number of aliphatic hydroxyl groups excluding tert-OH is 1. The fourth-order valence-electron chi connectivity index (χ4n) is 2.42. The highest BCUT2D eigenvalue weighted by Gasteiger charge is 2.27. The summed E-state index contributed by atoms with van der Waals surface area (Å²) >= 11 is 0. The zero-order valence-corrected chi connectivity index (χ0v) is 11.3. The molecular formula is C14H21FN2O2. The van der Waals surface area contributed by atoms with Gasteiger partial charge in [0.2, 0.25) is 0 Å². The average molecular weight is 268 g/mol. The van der Waals surface area contributed by atoms with Crippen LogP contribution in [0.15, 0.2) is 18.2 Å². The van der Waals surface area contributed by atoms with Crippen LogP contribution in [0.2, 0.25) is 0 Å². The number of nitrogens with zero attached hydrogens (tertiary/aromatic N) is 1. The molecule has 19 heavy (non-hydrogen) atoms. The standard InChI is InChI=1S/C14H21FN2O2/c1-9-8-19-12(7-18)6-17(9)14-4-3-11(15)5-13(14)10(2)16/h3-5,9-10,12,18H,6-8,16H2,1-2H3. The normalized spacial score (nSPS) is 25.4. The van der Waals surface area contributed by atoms with Crippen LogP contribution in [0.1, 0.15) is 25.5 Å². The summed E-state index contributed by atoms with van der Waals surface area (Å²) in [5.41, 5.74) is 7.63. The first-order chi connectivity index (χ1) is 9.02. The maximum atomic E-state index is 13.4. The van der Waals surface area contributed by atoms with Crippen molar-refractivity contribution in [3.63, 3.8) is 0 Å². The van der Waals surface area contributed by atoms with E-state index >= 15 is 0 Å². The highest BCUT2D eigenvalue weighted by molar-refractivity contribution is 5.56. The number of nitrogens with two attached hydrogens (primary N) is 1. The van der Waals surface area contributed by atoms with Gasteiger partial charge in [0.25, 0.3) is 0 Å². The van der Waals surface area contributed by atoms with Crippen LogP contribution in [0.25, 0.3) is 0 Å². The lowest BCUT2D eigenvalue weighted by molar-refractivity contribution is -0.0103. The molecule has 5 heteroatoms. The van der Waals surface area contributed by atoms with E-state index < -0.39 is 0 Å². The second-order valence-corrected chi connectivity index (χ2v) is 5.13. The van der Waals surface area contributed by atoms with Crippen molar-refractivity contribution in [2.75, 3.05) is 24.7 Å². The van der Waals surface area contributed by atoms with Gasteiger partial charge in [0.1, 0.15) is 5.82 Å². The van der Waals surface area contributed by atoms with Crippen LogP contribution < -0.4 is 10.6 Å². The van der Waals surface area contributed by atoms with E-state index in [1.165, 1.54) is 12.1 Å². The molecule has 1 heterocycles. The zero-order chi connectivity index (χ0) is 14.0. The molecule has 2 rings (SSSR count). The smallest absolute Gasteiger partial charge is 0.123 e. The molecule has 0 spiro atoms. The lowest BCUT2D eigenvalue weighted by atomic mass is 10.0.